The molecule has 2 aromatic rings. The zero-order valence-corrected chi connectivity index (χ0v) is 15.8. The number of ether oxygens (including phenoxy) is 2. The summed E-state index contributed by atoms with van der Waals surface area (Å²) in [6.07, 6.45) is -0.290. The van der Waals surface area contributed by atoms with Gasteiger partial charge in [-0.1, -0.05) is 0 Å². The molecule has 4 heterocycles. The van der Waals surface area contributed by atoms with E-state index in [1.165, 1.54) is 12.3 Å². The number of aliphatic carboxylic acids is 1. The van der Waals surface area contributed by atoms with Crippen molar-refractivity contribution in [2.75, 3.05) is 19.7 Å². The Morgan fingerprint density at radius 2 is 2.13 bits per heavy atom. The first-order chi connectivity index (χ1) is 14.2. The van der Waals surface area contributed by atoms with Gasteiger partial charge in [-0.15, -0.1) is 0 Å². The largest absolute Gasteiger partial charge is 0.490 e. The molecule has 1 N–H and O–H groups in total. The van der Waals surface area contributed by atoms with Crippen molar-refractivity contribution in [2.45, 2.75) is 37.3 Å². The van der Waals surface area contributed by atoms with E-state index in [1.54, 1.807) is 12.3 Å². The van der Waals surface area contributed by atoms with Crippen molar-refractivity contribution in [3.63, 3.8) is 0 Å². The average Bonchev–Trinajstić information content (AvgIpc) is 3.41. The van der Waals surface area contributed by atoms with Gasteiger partial charge in [0.25, 0.3) is 5.88 Å². The highest BCUT2D eigenvalue weighted by molar-refractivity contribution is 5.73. The molecule has 2 aromatic heterocycles. The van der Waals surface area contributed by atoms with Crippen LogP contribution >= 0.6 is 0 Å². The highest BCUT2D eigenvalue weighted by atomic mass is 19.4. The first-order valence-electron chi connectivity index (χ1n) is 9.13. The van der Waals surface area contributed by atoms with Crippen LogP contribution in [0.15, 0.2) is 41.1 Å². The molecule has 0 aromatic carbocycles. The number of aromatic nitrogens is 1. The summed E-state index contributed by atoms with van der Waals surface area (Å²) < 4.78 is 62.5. The number of carboxylic acids is 1. The molecule has 2 aliphatic heterocycles. The van der Waals surface area contributed by atoms with E-state index in [4.69, 9.17) is 23.8 Å². The second-order valence-electron chi connectivity index (χ2n) is 7.07. The van der Waals surface area contributed by atoms with Crippen molar-refractivity contribution < 1.29 is 41.4 Å². The fourth-order valence-electron chi connectivity index (χ4n) is 3.46. The highest BCUT2D eigenvalue weighted by Crippen LogP contribution is 2.37. The van der Waals surface area contributed by atoms with Gasteiger partial charge in [0.05, 0.1) is 25.0 Å². The zero-order valence-electron chi connectivity index (χ0n) is 15.8. The summed E-state index contributed by atoms with van der Waals surface area (Å²) >= 11 is 0. The van der Waals surface area contributed by atoms with Gasteiger partial charge < -0.3 is 19.0 Å². The van der Waals surface area contributed by atoms with Gasteiger partial charge in [-0.05, 0) is 30.7 Å². The summed E-state index contributed by atoms with van der Waals surface area (Å²) in [4.78, 5) is 15.2. The summed E-state index contributed by atoms with van der Waals surface area (Å²) in [5.41, 5.74) is -0.192. The minimum atomic E-state index is -5.08. The van der Waals surface area contributed by atoms with Gasteiger partial charge in [0.2, 0.25) is 0 Å². The number of likely N-dealkylation sites (tertiary alicyclic amines) is 1. The van der Waals surface area contributed by atoms with E-state index in [-0.39, 0.29) is 17.6 Å². The van der Waals surface area contributed by atoms with Crippen LogP contribution in [-0.4, -0.2) is 58.5 Å². The SMILES string of the molecule is Fc1cccnc1O[C@@H]1CO[C@@]2(CCN(Cc3ccco3)C2)C1.O=C(O)C(F)(F)F. The fraction of sp³-hybridized carbons (Fsp3) is 0.474. The first kappa shape index (κ1) is 22.0. The number of carbonyl (C=O) groups is 1. The Balaban J connectivity index is 0.000000318. The summed E-state index contributed by atoms with van der Waals surface area (Å²) in [6.45, 7) is 3.08. The van der Waals surface area contributed by atoms with Crippen LogP contribution in [0.5, 0.6) is 5.88 Å². The van der Waals surface area contributed by atoms with Gasteiger partial charge in [-0.2, -0.15) is 13.2 Å². The smallest absolute Gasteiger partial charge is 0.475 e. The van der Waals surface area contributed by atoms with Crippen LogP contribution in [0.1, 0.15) is 18.6 Å². The minimum absolute atomic E-state index is 0.0589. The molecule has 30 heavy (non-hydrogen) atoms. The Labute approximate surface area is 169 Å². The monoisotopic (exact) mass is 432 g/mol. The molecule has 0 saturated carbocycles. The number of hydrogen-bond donors (Lipinski definition) is 1. The van der Waals surface area contributed by atoms with E-state index in [0.717, 1.165) is 38.2 Å². The molecule has 0 amide bonds. The molecule has 2 aliphatic rings. The number of nitrogens with zero attached hydrogens (tertiary/aromatic N) is 2. The third kappa shape index (κ3) is 5.70. The van der Waals surface area contributed by atoms with E-state index in [0.29, 0.717) is 6.61 Å². The molecule has 2 fully saturated rings. The van der Waals surface area contributed by atoms with Crippen molar-refractivity contribution in [3.05, 3.63) is 48.3 Å². The van der Waals surface area contributed by atoms with Gasteiger partial charge in [-0.25, -0.2) is 14.2 Å². The summed E-state index contributed by atoms with van der Waals surface area (Å²) in [5, 5.41) is 7.12. The van der Waals surface area contributed by atoms with Gasteiger partial charge in [0.15, 0.2) is 5.82 Å². The third-order valence-electron chi connectivity index (χ3n) is 4.78. The van der Waals surface area contributed by atoms with Crippen molar-refractivity contribution in [1.29, 1.82) is 0 Å². The standard InChI is InChI=1S/C17H19FN2O3.C2HF3O2/c18-15-4-1-6-19-16(15)23-14-9-17(22-11-14)5-7-20(12-17)10-13-3-2-8-21-13;3-2(4,5)1(6)7/h1-4,6,8,14H,5,7,9-12H2;(H,6,7)/t14-,17-;/m0./s1. The predicted octanol–water partition coefficient (Wildman–Crippen LogP) is 3.26. The van der Waals surface area contributed by atoms with E-state index < -0.39 is 18.0 Å². The third-order valence-corrected chi connectivity index (χ3v) is 4.78. The highest BCUT2D eigenvalue weighted by Gasteiger charge is 2.46. The lowest BCUT2D eigenvalue weighted by molar-refractivity contribution is -0.192. The lowest BCUT2D eigenvalue weighted by Gasteiger charge is -2.23. The normalized spacial score (nSPS) is 23.9. The Bertz CT molecular complexity index is 846. The van der Waals surface area contributed by atoms with Crippen LogP contribution in [0.3, 0.4) is 0 Å². The molecule has 7 nitrogen and oxygen atoms in total. The number of halogens is 4. The molecule has 4 rings (SSSR count). The molecule has 0 bridgehead atoms. The number of furan rings is 1. The van der Waals surface area contributed by atoms with Gasteiger partial charge in [-0.3, -0.25) is 4.90 Å². The number of carboxylic acid groups (broad SMARTS) is 1. The quantitative estimate of drug-likeness (QED) is 0.743. The van der Waals surface area contributed by atoms with Crippen LogP contribution in [-0.2, 0) is 16.1 Å². The molecule has 11 heteroatoms. The van der Waals surface area contributed by atoms with E-state index in [2.05, 4.69) is 9.88 Å². The topological polar surface area (TPSA) is 85.0 Å². The first-order valence-corrected chi connectivity index (χ1v) is 9.13. The number of alkyl halides is 3. The molecule has 0 unspecified atom stereocenters. The summed E-state index contributed by atoms with van der Waals surface area (Å²) in [7, 11) is 0. The van der Waals surface area contributed by atoms with Crippen LogP contribution in [0.25, 0.3) is 0 Å². The zero-order chi connectivity index (χ0) is 21.8. The van der Waals surface area contributed by atoms with Gasteiger partial charge in [0.1, 0.15) is 11.9 Å². The maximum Gasteiger partial charge on any atom is 0.490 e. The molecule has 1 spiro atoms. The molecule has 0 aliphatic carbocycles. The van der Waals surface area contributed by atoms with Crippen molar-refractivity contribution in [2.24, 2.45) is 0 Å². The molecule has 2 saturated heterocycles. The Hall–Kier alpha value is -2.66. The minimum Gasteiger partial charge on any atom is -0.475 e. The van der Waals surface area contributed by atoms with E-state index in [1.807, 2.05) is 12.1 Å². The van der Waals surface area contributed by atoms with Gasteiger partial charge >= 0.3 is 12.1 Å². The second-order valence-corrected chi connectivity index (χ2v) is 7.07. The van der Waals surface area contributed by atoms with Crippen LogP contribution in [0.2, 0.25) is 0 Å². The van der Waals surface area contributed by atoms with Gasteiger partial charge in [0, 0.05) is 25.7 Å². The van der Waals surface area contributed by atoms with Crippen LogP contribution in [0, 0.1) is 5.82 Å². The van der Waals surface area contributed by atoms with E-state index in [9.17, 15) is 17.6 Å². The van der Waals surface area contributed by atoms with Crippen molar-refractivity contribution in [3.8, 4) is 5.88 Å². The fourth-order valence-corrected chi connectivity index (χ4v) is 3.46. The number of hydrogen-bond acceptors (Lipinski definition) is 6. The Kier molecular flexibility index (Phi) is 6.61. The van der Waals surface area contributed by atoms with Crippen molar-refractivity contribution >= 4 is 5.97 Å². The molecule has 2 atom stereocenters. The van der Waals surface area contributed by atoms with E-state index >= 15 is 0 Å². The van der Waals surface area contributed by atoms with Crippen LogP contribution in [0.4, 0.5) is 17.6 Å². The predicted molar refractivity (Wildman–Crippen MR) is 94.2 cm³/mol. The lowest BCUT2D eigenvalue weighted by Crippen LogP contribution is -2.33. The number of rotatable bonds is 4. The molecular weight excluding hydrogens is 412 g/mol. The van der Waals surface area contributed by atoms with Crippen LogP contribution < -0.4 is 4.74 Å². The Morgan fingerprint density at radius 3 is 2.77 bits per heavy atom. The molecule has 164 valence electrons. The summed E-state index contributed by atoms with van der Waals surface area (Å²) in [6, 6.07) is 6.79. The second kappa shape index (κ2) is 9.00. The Morgan fingerprint density at radius 1 is 1.37 bits per heavy atom. The summed E-state index contributed by atoms with van der Waals surface area (Å²) in [5.74, 6) is -2.17. The maximum atomic E-state index is 13.6. The molecule has 0 radical (unpaired) electrons. The number of pyridine rings is 1. The lowest BCUT2D eigenvalue weighted by atomic mass is 9.98. The maximum absolute atomic E-state index is 13.6. The van der Waals surface area contributed by atoms with Crippen molar-refractivity contribution in [1.82, 2.24) is 9.88 Å². The average molecular weight is 432 g/mol. The molecular formula is C19H20F4N2O5.